The molecule has 0 aliphatic rings. The van der Waals surface area contributed by atoms with E-state index in [-0.39, 0.29) is 0 Å². The van der Waals surface area contributed by atoms with Gasteiger partial charge in [0.05, 0.1) is 6.10 Å². The molecule has 0 fully saturated rings. The Labute approximate surface area is 141 Å². The first-order valence-electron chi connectivity index (χ1n) is 7.76. The lowest BCUT2D eigenvalue weighted by Gasteiger charge is -2.07. The molecule has 116 valence electrons. The van der Waals surface area contributed by atoms with Gasteiger partial charge in [-0.25, -0.2) is 0 Å². The molecule has 0 unspecified atom stereocenters. The third-order valence-corrected chi connectivity index (χ3v) is 4.88. The van der Waals surface area contributed by atoms with E-state index >= 15 is 0 Å². The molecule has 3 rings (SSSR count). The predicted molar refractivity (Wildman–Crippen MR) is 101 cm³/mol. The van der Waals surface area contributed by atoms with Gasteiger partial charge in [0.15, 0.2) is 0 Å². The van der Waals surface area contributed by atoms with Crippen LogP contribution in [0.3, 0.4) is 0 Å². The van der Waals surface area contributed by atoms with Crippen LogP contribution in [0.2, 0.25) is 0 Å². The van der Waals surface area contributed by atoms with Crippen molar-refractivity contribution in [3.05, 3.63) is 83.9 Å². The van der Waals surface area contributed by atoms with Gasteiger partial charge >= 0.3 is 0 Å². The van der Waals surface area contributed by atoms with Crippen LogP contribution < -0.4 is 0 Å². The second kappa shape index (κ2) is 7.49. The highest BCUT2D eigenvalue weighted by molar-refractivity contribution is 7.99. The smallest absolute Gasteiger partial charge is 0.0818 e. The van der Waals surface area contributed by atoms with Crippen LogP contribution in [-0.4, -0.2) is 17.0 Å². The largest absolute Gasteiger partial charge is 0.388 e. The van der Waals surface area contributed by atoms with Crippen LogP contribution in [0.5, 0.6) is 0 Å². The number of thioether (sulfide) groups is 1. The molecule has 3 aromatic carbocycles. The van der Waals surface area contributed by atoms with E-state index in [1.807, 2.05) is 24.3 Å². The van der Waals surface area contributed by atoms with E-state index in [0.29, 0.717) is 5.75 Å². The summed E-state index contributed by atoms with van der Waals surface area (Å²) in [6.07, 6.45) is 3.44. The van der Waals surface area contributed by atoms with Gasteiger partial charge in [0.1, 0.15) is 0 Å². The summed E-state index contributed by atoms with van der Waals surface area (Å²) < 4.78 is 0. The minimum atomic E-state index is -0.458. The van der Waals surface area contributed by atoms with Crippen molar-refractivity contribution in [2.75, 3.05) is 5.75 Å². The van der Waals surface area contributed by atoms with Crippen LogP contribution in [0.1, 0.15) is 11.1 Å². The molecule has 1 atom stereocenters. The number of rotatable bonds is 5. The van der Waals surface area contributed by atoms with Crippen LogP contribution in [-0.2, 0) is 0 Å². The van der Waals surface area contributed by atoms with Crippen LogP contribution in [0.25, 0.3) is 16.8 Å². The minimum absolute atomic E-state index is 0.458. The van der Waals surface area contributed by atoms with Crippen molar-refractivity contribution < 1.29 is 5.11 Å². The molecule has 0 bridgehead atoms. The van der Waals surface area contributed by atoms with Crippen molar-refractivity contribution in [2.45, 2.75) is 17.9 Å². The van der Waals surface area contributed by atoms with E-state index in [4.69, 9.17) is 0 Å². The molecule has 0 saturated carbocycles. The Morgan fingerprint density at radius 2 is 1.70 bits per heavy atom. The first-order chi connectivity index (χ1) is 11.2. The Hall–Kier alpha value is -2.03. The number of benzene rings is 3. The van der Waals surface area contributed by atoms with Gasteiger partial charge in [-0.3, -0.25) is 0 Å². The van der Waals surface area contributed by atoms with Gasteiger partial charge < -0.3 is 5.11 Å². The lowest BCUT2D eigenvalue weighted by molar-refractivity contribution is 0.249. The van der Waals surface area contributed by atoms with Gasteiger partial charge in [-0.15, -0.1) is 11.8 Å². The Kier molecular flexibility index (Phi) is 5.16. The van der Waals surface area contributed by atoms with Gasteiger partial charge in [0.25, 0.3) is 0 Å². The summed E-state index contributed by atoms with van der Waals surface area (Å²) in [7, 11) is 0. The van der Waals surface area contributed by atoms with Crippen molar-refractivity contribution in [3.8, 4) is 0 Å². The normalized spacial score (nSPS) is 12.8. The average molecular weight is 320 g/mol. The number of aryl methyl sites for hydroxylation is 1. The van der Waals surface area contributed by atoms with E-state index in [1.165, 1.54) is 21.2 Å². The summed E-state index contributed by atoms with van der Waals surface area (Å²) >= 11 is 1.67. The van der Waals surface area contributed by atoms with Gasteiger partial charge in [-0.1, -0.05) is 72.3 Å². The SMILES string of the molecule is Cc1ccc(SC[C@@H](O)/C=C/c2cccc3ccccc23)cc1. The molecule has 0 radical (unpaired) electrons. The zero-order valence-electron chi connectivity index (χ0n) is 13.1. The van der Waals surface area contributed by atoms with Crippen LogP contribution in [0.4, 0.5) is 0 Å². The summed E-state index contributed by atoms with van der Waals surface area (Å²) in [6.45, 7) is 2.08. The molecule has 0 spiro atoms. The zero-order chi connectivity index (χ0) is 16.1. The first-order valence-corrected chi connectivity index (χ1v) is 8.74. The average Bonchev–Trinajstić information content (AvgIpc) is 2.59. The molecule has 0 amide bonds. The lowest BCUT2D eigenvalue weighted by Crippen LogP contribution is -2.05. The highest BCUT2D eigenvalue weighted by atomic mass is 32.2. The molecule has 2 heteroatoms. The monoisotopic (exact) mass is 320 g/mol. The third-order valence-electron chi connectivity index (χ3n) is 3.76. The second-order valence-corrected chi connectivity index (χ2v) is 6.71. The van der Waals surface area contributed by atoms with Crippen molar-refractivity contribution >= 4 is 28.6 Å². The number of aliphatic hydroxyl groups is 1. The van der Waals surface area contributed by atoms with E-state index in [9.17, 15) is 5.11 Å². The number of fused-ring (bicyclic) bond motifs is 1. The molecular formula is C21H20OS. The van der Waals surface area contributed by atoms with Crippen LogP contribution >= 0.6 is 11.8 Å². The summed E-state index contributed by atoms with van der Waals surface area (Å²) in [6, 6.07) is 22.9. The van der Waals surface area contributed by atoms with Gasteiger partial charge in [0.2, 0.25) is 0 Å². The number of aliphatic hydroxyl groups excluding tert-OH is 1. The van der Waals surface area contributed by atoms with Crippen molar-refractivity contribution in [2.24, 2.45) is 0 Å². The van der Waals surface area contributed by atoms with E-state index in [1.54, 1.807) is 11.8 Å². The summed E-state index contributed by atoms with van der Waals surface area (Å²) in [5.74, 6) is 0.657. The Morgan fingerprint density at radius 3 is 2.52 bits per heavy atom. The zero-order valence-corrected chi connectivity index (χ0v) is 14.0. The van der Waals surface area contributed by atoms with E-state index in [0.717, 1.165) is 5.56 Å². The number of hydrogen-bond acceptors (Lipinski definition) is 2. The standard InChI is InChI=1S/C21H20OS/c1-16-9-13-20(14-10-16)23-15-19(22)12-11-18-7-4-6-17-5-2-3-8-21(17)18/h2-14,19,22H,15H2,1H3/b12-11+/t19-/m0/s1. The molecule has 0 heterocycles. The fourth-order valence-electron chi connectivity index (χ4n) is 2.48. The van der Waals surface area contributed by atoms with E-state index < -0.39 is 6.10 Å². The Morgan fingerprint density at radius 1 is 0.957 bits per heavy atom. The highest BCUT2D eigenvalue weighted by Gasteiger charge is 2.02. The number of hydrogen-bond donors (Lipinski definition) is 1. The molecular weight excluding hydrogens is 300 g/mol. The summed E-state index contributed by atoms with van der Waals surface area (Å²) in [4.78, 5) is 1.19. The molecule has 0 aromatic heterocycles. The molecule has 1 N–H and O–H groups in total. The maximum absolute atomic E-state index is 10.2. The maximum atomic E-state index is 10.2. The van der Waals surface area contributed by atoms with Crippen LogP contribution in [0.15, 0.2) is 77.7 Å². The highest BCUT2D eigenvalue weighted by Crippen LogP contribution is 2.22. The van der Waals surface area contributed by atoms with Crippen molar-refractivity contribution in [3.63, 3.8) is 0 Å². The predicted octanol–water partition coefficient (Wildman–Crippen LogP) is 5.31. The molecule has 0 saturated heterocycles. The van der Waals surface area contributed by atoms with E-state index in [2.05, 4.69) is 61.5 Å². The van der Waals surface area contributed by atoms with Gasteiger partial charge in [-0.2, -0.15) is 0 Å². The molecule has 0 aliphatic heterocycles. The topological polar surface area (TPSA) is 20.2 Å². The molecule has 0 aliphatic carbocycles. The third kappa shape index (κ3) is 4.25. The van der Waals surface area contributed by atoms with Crippen molar-refractivity contribution in [1.29, 1.82) is 0 Å². The first kappa shape index (κ1) is 15.9. The fraction of sp³-hybridized carbons (Fsp3) is 0.143. The Balaban J connectivity index is 1.65. The minimum Gasteiger partial charge on any atom is -0.388 e. The molecule has 1 nitrogen and oxygen atoms in total. The maximum Gasteiger partial charge on any atom is 0.0818 e. The second-order valence-electron chi connectivity index (χ2n) is 5.62. The summed E-state index contributed by atoms with van der Waals surface area (Å²) in [5.41, 5.74) is 2.40. The van der Waals surface area contributed by atoms with Crippen molar-refractivity contribution in [1.82, 2.24) is 0 Å². The molecule has 23 heavy (non-hydrogen) atoms. The summed E-state index contributed by atoms with van der Waals surface area (Å²) in [5, 5.41) is 12.6. The fourth-order valence-corrected chi connectivity index (χ4v) is 3.29. The van der Waals surface area contributed by atoms with Gasteiger partial charge in [-0.05, 0) is 35.4 Å². The Bertz CT molecular complexity index is 800. The lowest BCUT2D eigenvalue weighted by atomic mass is 10.0. The quantitative estimate of drug-likeness (QED) is 0.642. The molecule has 3 aromatic rings. The van der Waals surface area contributed by atoms with Crippen LogP contribution in [0, 0.1) is 6.92 Å². The van der Waals surface area contributed by atoms with Gasteiger partial charge in [0, 0.05) is 10.6 Å².